The zero-order chi connectivity index (χ0) is 39.3. The number of nitrogens with two attached hydrogens (primary N) is 1. The van der Waals surface area contributed by atoms with Gasteiger partial charge in [0.2, 0.25) is 17.6 Å². The van der Waals surface area contributed by atoms with Gasteiger partial charge in [-0.2, -0.15) is 0 Å². The molecule has 2 aromatic carbocycles. The van der Waals surface area contributed by atoms with Crippen LogP contribution in [0.25, 0.3) is 0 Å². The minimum Gasteiger partial charge on any atom is -0.507 e. The molecule has 288 valence electrons. The maximum Gasteiger partial charge on any atom is 0.242 e. The number of fused-ring (bicyclic) bond motifs is 3. The van der Waals surface area contributed by atoms with Gasteiger partial charge in [0.25, 0.3) is 0 Å². The summed E-state index contributed by atoms with van der Waals surface area (Å²) in [4.78, 5) is 66.6. The van der Waals surface area contributed by atoms with E-state index >= 15 is 0 Å². The van der Waals surface area contributed by atoms with Crippen LogP contribution in [0.15, 0.2) is 18.2 Å². The van der Waals surface area contributed by atoms with Crippen LogP contribution in [-0.4, -0.2) is 96.9 Å². The molecular formula is C38H49N3O12. The number of benzene rings is 2. The van der Waals surface area contributed by atoms with Gasteiger partial charge in [-0.05, 0) is 44.6 Å². The maximum atomic E-state index is 13.7. The number of carbonyl (C=O) groups excluding carboxylic acids is 5. The second-order valence-corrected chi connectivity index (χ2v) is 15.3. The number of aliphatic hydroxyl groups is 2. The molecule has 3 aliphatic rings. The normalized spacial score (nSPS) is 26.4. The molecule has 1 aliphatic heterocycles. The van der Waals surface area contributed by atoms with Crippen LogP contribution in [0.4, 0.5) is 0 Å². The van der Waals surface area contributed by atoms with Crippen LogP contribution < -0.4 is 16.4 Å². The van der Waals surface area contributed by atoms with E-state index in [0.717, 1.165) is 6.92 Å². The number of phenols is 3. The number of rotatable bonds is 11. The number of aliphatic hydroxyl groups excluding tert-OH is 1. The van der Waals surface area contributed by atoms with Gasteiger partial charge >= 0.3 is 0 Å². The van der Waals surface area contributed by atoms with Gasteiger partial charge in [-0.15, -0.1) is 0 Å². The Balaban J connectivity index is 1.46. The van der Waals surface area contributed by atoms with Crippen molar-refractivity contribution in [3.63, 3.8) is 0 Å². The van der Waals surface area contributed by atoms with E-state index in [1.807, 2.05) is 27.7 Å². The maximum absolute atomic E-state index is 13.7. The van der Waals surface area contributed by atoms with Crippen molar-refractivity contribution in [2.24, 2.45) is 17.6 Å². The highest BCUT2D eigenvalue weighted by Gasteiger charge is 2.49. The predicted octanol–water partition coefficient (Wildman–Crippen LogP) is 1.79. The summed E-state index contributed by atoms with van der Waals surface area (Å²) < 4.78 is 12.2. The summed E-state index contributed by atoms with van der Waals surface area (Å²) in [6, 6.07) is 1.06. The molecule has 15 heteroatoms. The molecule has 0 unspecified atom stereocenters. The molecule has 9 N–H and O–H groups in total. The van der Waals surface area contributed by atoms with E-state index in [-0.39, 0.29) is 46.9 Å². The summed E-state index contributed by atoms with van der Waals surface area (Å²) in [6.45, 7) is 10.3. The smallest absolute Gasteiger partial charge is 0.242 e. The second-order valence-electron chi connectivity index (χ2n) is 15.3. The minimum absolute atomic E-state index is 0.00264. The Hall–Kier alpha value is -4.41. The van der Waals surface area contributed by atoms with Gasteiger partial charge in [0.05, 0.1) is 41.0 Å². The third-order valence-corrected chi connectivity index (χ3v) is 10.3. The molecular weight excluding hydrogens is 690 g/mol. The Morgan fingerprint density at radius 1 is 0.981 bits per heavy atom. The van der Waals surface area contributed by atoms with Gasteiger partial charge in [-0.3, -0.25) is 24.0 Å². The highest BCUT2D eigenvalue weighted by Crippen LogP contribution is 2.52. The number of Topliss-reactive ketones (excluding diaryl/α,β-unsaturated/α-hetero) is 1. The van der Waals surface area contributed by atoms with Gasteiger partial charge in [-0.25, -0.2) is 0 Å². The van der Waals surface area contributed by atoms with Gasteiger partial charge in [0.1, 0.15) is 35.0 Å². The van der Waals surface area contributed by atoms with Crippen molar-refractivity contribution < 1.29 is 59.0 Å². The monoisotopic (exact) mass is 739 g/mol. The van der Waals surface area contributed by atoms with Gasteiger partial charge in [0, 0.05) is 36.0 Å². The molecule has 2 aliphatic carbocycles. The van der Waals surface area contributed by atoms with Crippen molar-refractivity contribution >= 4 is 29.2 Å². The summed E-state index contributed by atoms with van der Waals surface area (Å²) in [5, 5.41) is 61.8. The average Bonchev–Trinajstić information content (AvgIpc) is 3.06. The Bertz CT molecular complexity index is 1830. The van der Waals surface area contributed by atoms with Crippen molar-refractivity contribution in [1.29, 1.82) is 0 Å². The molecule has 0 aromatic heterocycles. The number of nitrogens with one attached hydrogen (secondary N) is 2. The number of hydrogen-bond acceptors (Lipinski definition) is 13. The molecule has 8 atom stereocenters. The van der Waals surface area contributed by atoms with Crippen LogP contribution in [0.2, 0.25) is 0 Å². The SMILES string of the molecule is CC(=O)[C@]1(O)Cc2c(O)c3c(c(O)c2[C@@H](O[C@H]2C[C@H](NC(=O)[C@H](CC(C)C)NC(=O)[C@@H](N)CC(C)C)[C@H](O)[C@H](C)O2)C1)C(=O)c1c(O)cccc1C3=O. The molecule has 1 saturated heterocycles. The van der Waals surface area contributed by atoms with Crippen molar-refractivity contribution in [3.05, 3.63) is 51.6 Å². The fraction of sp³-hybridized carbons (Fsp3) is 0.553. The van der Waals surface area contributed by atoms with Crippen LogP contribution >= 0.6 is 0 Å². The number of hydrogen-bond donors (Lipinski definition) is 8. The van der Waals surface area contributed by atoms with Gasteiger partial charge in [-0.1, -0.05) is 39.8 Å². The molecule has 0 saturated carbocycles. The Morgan fingerprint density at radius 2 is 1.62 bits per heavy atom. The fourth-order valence-electron chi connectivity index (χ4n) is 7.49. The quantitative estimate of drug-likeness (QED) is 0.131. The molecule has 0 radical (unpaired) electrons. The van der Waals surface area contributed by atoms with Gasteiger partial charge in [0.15, 0.2) is 17.9 Å². The lowest BCUT2D eigenvalue weighted by atomic mass is 9.72. The zero-order valence-corrected chi connectivity index (χ0v) is 30.6. The molecule has 1 heterocycles. The lowest BCUT2D eigenvalue weighted by Gasteiger charge is -2.43. The molecule has 0 bridgehead atoms. The fourth-order valence-corrected chi connectivity index (χ4v) is 7.49. The number of ketones is 3. The molecule has 15 nitrogen and oxygen atoms in total. The van der Waals surface area contributed by atoms with E-state index in [1.165, 1.54) is 25.1 Å². The number of phenolic OH excluding ortho intramolecular Hbond substituents is 3. The predicted molar refractivity (Wildman–Crippen MR) is 188 cm³/mol. The van der Waals surface area contributed by atoms with Crippen LogP contribution in [0, 0.1) is 11.8 Å². The van der Waals surface area contributed by atoms with E-state index in [4.69, 9.17) is 15.2 Å². The number of amides is 2. The summed E-state index contributed by atoms with van der Waals surface area (Å²) in [5.74, 6) is -5.39. The van der Waals surface area contributed by atoms with Crippen molar-refractivity contribution in [1.82, 2.24) is 10.6 Å². The van der Waals surface area contributed by atoms with E-state index in [2.05, 4.69) is 10.6 Å². The first-order valence-electron chi connectivity index (χ1n) is 17.9. The van der Waals surface area contributed by atoms with Crippen molar-refractivity contribution in [2.45, 2.75) is 122 Å². The standard InChI is InChI=1S/C38H49N3O12/c1-15(2)10-21(39)36(49)41-23(11-16(3)4)37(50)40-22-12-26(52-17(5)31(22)44)53-25-14-38(51,18(6)42)13-20-28(25)35(48)30-29(33(20)46)32(45)19-8-7-9-24(43)27(19)34(30)47/h7-9,15-17,21-23,25-26,31,43-44,46,48,51H,10-14,39H2,1-6H3,(H,40,50)(H,41,49)/t17-,21-,22-,23-,25-,26-,31+,38-/m0/s1. The van der Waals surface area contributed by atoms with E-state index in [9.17, 15) is 49.5 Å². The molecule has 5 rings (SSSR count). The average molecular weight is 740 g/mol. The Morgan fingerprint density at radius 3 is 2.25 bits per heavy atom. The van der Waals surface area contributed by atoms with E-state index in [0.29, 0.717) is 6.42 Å². The number of carbonyl (C=O) groups is 5. The first-order valence-corrected chi connectivity index (χ1v) is 17.9. The first kappa shape index (κ1) is 39.8. The second kappa shape index (κ2) is 15.1. The highest BCUT2D eigenvalue weighted by atomic mass is 16.7. The van der Waals surface area contributed by atoms with Crippen LogP contribution in [0.5, 0.6) is 17.2 Å². The van der Waals surface area contributed by atoms with Crippen LogP contribution in [0.3, 0.4) is 0 Å². The molecule has 2 amide bonds. The van der Waals surface area contributed by atoms with Crippen molar-refractivity contribution in [2.75, 3.05) is 0 Å². The number of aromatic hydroxyl groups is 3. The lowest BCUT2D eigenvalue weighted by Crippen LogP contribution is -2.59. The summed E-state index contributed by atoms with van der Waals surface area (Å²) >= 11 is 0. The van der Waals surface area contributed by atoms with Crippen LogP contribution in [0.1, 0.15) is 116 Å². The van der Waals surface area contributed by atoms with Gasteiger partial charge < -0.3 is 51.4 Å². The zero-order valence-electron chi connectivity index (χ0n) is 30.6. The minimum atomic E-state index is -2.14. The molecule has 0 spiro atoms. The third-order valence-electron chi connectivity index (χ3n) is 10.3. The topological polar surface area (TPSA) is 255 Å². The largest absolute Gasteiger partial charge is 0.507 e. The van der Waals surface area contributed by atoms with Crippen molar-refractivity contribution in [3.8, 4) is 17.2 Å². The third kappa shape index (κ3) is 7.67. The summed E-state index contributed by atoms with van der Waals surface area (Å²) in [6.07, 6.45) is -5.30. The van der Waals surface area contributed by atoms with E-state index < -0.39 is 119 Å². The molecule has 1 fully saturated rings. The number of ether oxygens (including phenoxy) is 2. The highest BCUT2D eigenvalue weighted by molar-refractivity contribution is 6.31. The lowest BCUT2D eigenvalue weighted by molar-refractivity contribution is -0.249. The molecule has 2 aromatic rings. The Kier molecular flexibility index (Phi) is 11.4. The molecule has 53 heavy (non-hydrogen) atoms. The summed E-state index contributed by atoms with van der Waals surface area (Å²) in [5.41, 5.74) is 1.87. The Labute approximate surface area is 306 Å². The first-order chi connectivity index (χ1) is 24.7. The van der Waals surface area contributed by atoms with Crippen LogP contribution in [-0.2, 0) is 30.3 Å². The van der Waals surface area contributed by atoms with E-state index in [1.54, 1.807) is 0 Å². The summed E-state index contributed by atoms with van der Waals surface area (Å²) in [7, 11) is 0.